The van der Waals surface area contributed by atoms with E-state index in [4.69, 9.17) is 9.47 Å². The van der Waals surface area contributed by atoms with Crippen molar-refractivity contribution < 1.29 is 19.1 Å². The Kier molecular flexibility index (Phi) is 6.87. The second-order valence-electron chi connectivity index (χ2n) is 8.83. The van der Waals surface area contributed by atoms with E-state index in [0.29, 0.717) is 24.0 Å². The predicted molar refractivity (Wildman–Crippen MR) is 129 cm³/mol. The van der Waals surface area contributed by atoms with E-state index in [0.717, 1.165) is 62.6 Å². The van der Waals surface area contributed by atoms with Crippen molar-refractivity contribution >= 4 is 22.8 Å². The number of ether oxygens (including phenoxy) is 2. The molecule has 3 aromatic rings. The molecule has 9 nitrogen and oxygen atoms in total. The first-order chi connectivity index (χ1) is 17.1. The van der Waals surface area contributed by atoms with E-state index in [1.54, 1.807) is 16.7 Å². The minimum absolute atomic E-state index is 0.0873. The lowest BCUT2D eigenvalue weighted by atomic mass is 10.1. The number of hydrogen-bond donors (Lipinski definition) is 1. The van der Waals surface area contributed by atoms with E-state index in [9.17, 15) is 14.4 Å². The summed E-state index contributed by atoms with van der Waals surface area (Å²) in [5.41, 5.74) is 2.82. The van der Waals surface area contributed by atoms with Crippen LogP contribution in [0.5, 0.6) is 0 Å². The van der Waals surface area contributed by atoms with E-state index in [2.05, 4.69) is 21.3 Å². The first-order valence-electron chi connectivity index (χ1n) is 11.9. The van der Waals surface area contributed by atoms with Gasteiger partial charge >= 0.3 is 5.97 Å². The molecule has 182 valence electrons. The Labute approximate surface area is 202 Å². The number of esters is 1. The Hall–Kier alpha value is -3.56. The van der Waals surface area contributed by atoms with Crippen LogP contribution in [0.3, 0.4) is 0 Å². The van der Waals surface area contributed by atoms with Crippen molar-refractivity contribution in [1.82, 2.24) is 19.8 Å². The molecular formula is C26H28N4O5. The van der Waals surface area contributed by atoms with Gasteiger partial charge in [0, 0.05) is 39.1 Å². The molecule has 1 fully saturated rings. The molecule has 1 aromatic heterocycles. The third-order valence-electron chi connectivity index (χ3n) is 6.48. The third-order valence-corrected chi connectivity index (χ3v) is 6.48. The Morgan fingerprint density at radius 2 is 1.86 bits per heavy atom. The third kappa shape index (κ3) is 5.26. The summed E-state index contributed by atoms with van der Waals surface area (Å²) < 4.78 is 12.3. The van der Waals surface area contributed by atoms with Crippen molar-refractivity contribution in [2.45, 2.75) is 32.5 Å². The highest BCUT2D eigenvalue weighted by atomic mass is 16.5. The fourth-order valence-electron chi connectivity index (χ4n) is 4.55. The summed E-state index contributed by atoms with van der Waals surface area (Å²) in [5, 5.41) is 3.31. The second kappa shape index (κ2) is 10.4. The molecule has 0 radical (unpaired) electrons. The summed E-state index contributed by atoms with van der Waals surface area (Å²) in [6, 6.07) is 12.7. The lowest BCUT2D eigenvalue weighted by molar-refractivity contribution is -0.124. The van der Waals surface area contributed by atoms with Gasteiger partial charge in [0.15, 0.2) is 6.61 Å². The van der Waals surface area contributed by atoms with Crippen molar-refractivity contribution in [3.05, 3.63) is 75.3 Å². The Morgan fingerprint density at radius 3 is 2.69 bits per heavy atom. The molecule has 1 N–H and O–H groups in total. The van der Waals surface area contributed by atoms with Gasteiger partial charge in [-0.25, -0.2) is 9.78 Å². The Bertz CT molecular complexity index is 1310. The number of aromatic nitrogens is 2. The van der Waals surface area contributed by atoms with Crippen molar-refractivity contribution in [2.75, 3.05) is 32.9 Å². The Morgan fingerprint density at radius 1 is 1.06 bits per heavy atom. The molecule has 0 aliphatic carbocycles. The fourth-order valence-corrected chi connectivity index (χ4v) is 4.55. The molecule has 0 atom stereocenters. The minimum atomic E-state index is -0.628. The number of benzene rings is 2. The summed E-state index contributed by atoms with van der Waals surface area (Å²) in [7, 11) is 0. The van der Waals surface area contributed by atoms with E-state index < -0.39 is 5.97 Å². The number of nitrogens with zero attached hydrogens (tertiary/aromatic N) is 3. The first kappa shape index (κ1) is 23.2. The molecule has 9 heteroatoms. The number of morpholine rings is 1. The molecule has 3 heterocycles. The number of amides is 1. The number of rotatable bonds is 7. The van der Waals surface area contributed by atoms with Crippen LogP contribution in [-0.2, 0) is 40.3 Å². The SMILES string of the molecule is O=C(COC(=O)c1ccc2c(=O)n3c(nc2c1)CCC3)NCc1ccccc1CN1CCOCC1. The van der Waals surface area contributed by atoms with Crippen LogP contribution in [-0.4, -0.2) is 59.2 Å². The molecule has 0 unspecified atom stereocenters. The minimum Gasteiger partial charge on any atom is -0.452 e. The zero-order valence-corrected chi connectivity index (χ0v) is 19.5. The smallest absolute Gasteiger partial charge is 0.338 e. The maximum Gasteiger partial charge on any atom is 0.338 e. The molecule has 35 heavy (non-hydrogen) atoms. The van der Waals surface area contributed by atoms with E-state index in [-0.39, 0.29) is 23.6 Å². The maximum absolute atomic E-state index is 12.6. The van der Waals surface area contributed by atoms with Gasteiger partial charge in [0.2, 0.25) is 0 Å². The van der Waals surface area contributed by atoms with Gasteiger partial charge in [-0.05, 0) is 35.7 Å². The van der Waals surface area contributed by atoms with Crippen LogP contribution in [0.1, 0.15) is 33.7 Å². The highest BCUT2D eigenvalue weighted by molar-refractivity contribution is 5.95. The quantitative estimate of drug-likeness (QED) is 0.517. The van der Waals surface area contributed by atoms with Crippen LogP contribution in [0.25, 0.3) is 10.9 Å². The monoisotopic (exact) mass is 476 g/mol. The van der Waals surface area contributed by atoms with Crippen LogP contribution >= 0.6 is 0 Å². The van der Waals surface area contributed by atoms with Gasteiger partial charge in [-0.15, -0.1) is 0 Å². The lowest BCUT2D eigenvalue weighted by Gasteiger charge is -2.27. The van der Waals surface area contributed by atoms with Gasteiger partial charge in [-0.3, -0.25) is 19.1 Å². The predicted octanol–water partition coefficient (Wildman–Crippen LogP) is 1.65. The second-order valence-corrected chi connectivity index (χ2v) is 8.83. The van der Waals surface area contributed by atoms with Gasteiger partial charge in [0.1, 0.15) is 5.82 Å². The van der Waals surface area contributed by atoms with Gasteiger partial charge in [0.25, 0.3) is 11.5 Å². The normalized spacial score (nSPS) is 15.7. The number of carbonyl (C=O) groups excluding carboxylic acids is 2. The molecule has 1 saturated heterocycles. The van der Waals surface area contributed by atoms with E-state index in [1.165, 1.54) is 6.07 Å². The zero-order chi connectivity index (χ0) is 24.2. The fraction of sp³-hybridized carbons (Fsp3) is 0.385. The van der Waals surface area contributed by atoms with Crippen LogP contribution in [0.15, 0.2) is 47.3 Å². The topological polar surface area (TPSA) is 103 Å². The molecule has 2 aliphatic rings. The summed E-state index contributed by atoms with van der Waals surface area (Å²) in [6.07, 6.45) is 1.63. The average Bonchev–Trinajstić information content (AvgIpc) is 3.36. The van der Waals surface area contributed by atoms with Gasteiger partial charge in [-0.1, -0.05) is 24.3 Å². The molecule has 0 spiro atoms. The molecule has 0 bridgehead atoms. The van der Waals surface area contributed by atoms with Gasteiger partial charge < -0.3 is 14.8 Å². The highest BCUT2D eigenvalue weighted by Gasteiger charge is 2.18. The largest absolute Gasteiger partial charge is 0.452 e. The average molecular weight is 477 g/mol. The lowest BCUT2D eigenvalue weighted by Crippen LogP contribution is -2.36. The number of hydrogen-bond acceptors (Lipinski definition) is 7. The van der Waals surface area contributed by atoms with E-state index in [1.807, 2.05) is 18.2 Å². The van der Waals surface area contributed by atoms with Gasteiger partial charge in [0.05, 0.1) is 29.7 Å². The number of carbonyl (C=O) groups is 2. The summed E-state index contributed by atoms with van der Waals surface area (Å²) in [6.45, 7) is 4.68. The first-order valence-corrected chi connectivity index (χ1v) is 11.9. The van der Waals surface area contributed by atoms with E-state index >= 15 is 0 Å². The van der Waals surface area contributed by atoms with Gasteiger partial charge in [-0.2, -0.15) is 0 Å². The molecule has 5 rings (SSSR count). The summed E-state index contributed by atoms with van der Waals surface area (Å²) in [5.74, 6) is -0.270. The van der Waals surface area contributed by atoms with Crippen LogP contribution in [0.2, 0.25) is 0 Å². The molecule has 2 aromatic carbocycles. The maximum atomic E-state index is 12.6. The number of aryl methyl sites for hydroxylation is 1. The zero-order valence-electron chi connectivity index (χ0n) is 19.5. The van der Waals surface area contributed by atoms with Crippen molar-refractivity contribution in [3.63, 3.8) is 0 Å². The molecule has 0 saturated carbocycles. The molecule has 1 amide bonds. The number of nitrogens with one attached hydrogen (secondary N) is 1. The summed E-state index contributed by atoms with van der Waals surface area (Å²) in [4.78, 5) is 44.3. The summed E-state index contributed by atoms with van der Waals surface area (Å²) >= 11 is 0. The standard InChI is InChI=1S/C26H28N4O5/c31-24(27-15-19-4-1-2-5-20(19)16-29-10-12-34-13-11-29)17-35-26(33)18-7-8-21-22(14-18)28-23-6-3-9-30(23)25(21)32/h1-2,4-5,7-8,14H,3,6,9-13,15-17H2,(H,27,31). The van der Waals surface area contributed by atoms with Crippen LogP contribution < -0.4 is 10.9 Å². The molecule has 2 aliphatic heterocycles. The van der Waals surface area contributed by atoms with Crippen molar-refractivity contribution in [2.24, 2.45) is 0 Å². The Balaban J connectivity index is 1.17. The number of fused-ring (bicyclic) bond motifs is 2. The van der Waals surface area contributed by atoms with Crippen molar-refractivity contribution in [3.8, 4) is 0 Å². The molecular weight excluding hydrogens is 448 g/mol. The van der Waals surface area contributed by atoms with Crippen molar-refractivity contribution in [1.29, 1.82) is 0 Å². The van der Waals surface area contributed by atoms with Crippen LogP contribution in [0.4, 0.5) is 0 Å². The highest BCUT2D eigenvalue weighted by Crippen LogP contribution is 2.17. The van der Waals surface area contributed by atoms with Crippen LogP contribution in [0, 0.1) is 0 Å².